The molecule has 0 N–H and O–H groups in total. The molecule has 134 valence electrons. The highest BCUT2D eigenvalue weighted by atomic mass is 16.5. The smallest absolute Gasteiger partial charge is 0.310 e. The minimum Gasteiger partial charge on any atom is -0.466 e. The normalized spacial score (nSPS) is 40.6. The second-order valence-corrected chi connectivity index (χ2v) is 9.03. The van der Waals surface area contributed by atoms with Crippen molar-refractivity contribution < 1.29 is 14.3 Å². The van der Waals surface area contributed by atoms with Crippen molar-refractivity contribution in [3.8, 4) is 0 Å². The topological polar surface area (TPSA) is 46.6 Å². The molecule has 4 bridgehead atoms. The van der Waals surface area contributed by atoms with Gasteiger partial charge in [0.1, 0.15) is 0 Å². The molecule has 24 heavy (non-hydrogen) atoms. The number of esters is 1. The molecule has 4 nitrogen and oxygen atoms in total. The Kier molecular flexibility index (Phi) is 4.34. The fourth-order valence-electron chi connectivity index (χ4n) is 6.60. The first-order chi connectivity index (χ1) is 11.6. The number of amides is 1. The monoisotopic (exact) mass is 333 g/mol. The first-order valence-electron chi connectivity index (χ1n) is 10.0. The molecular weight excluding hydrogens is 302 g/mol. The Morgan fingerprint density at radius 3 is 2.29 bits per heavy atom. The van der Waals surface area contributed by atoms with Gasteiger partial charge in [0, 0.05) is 19.5 Å². The fourth-order valence-corrected chi connectivity index (χ4v) is 6.60. The molecule has 4 saturated carbocycles. The van der Waals surface area contributed by atoms with E-state index < -0.39 is 0 Å². The van der Waals surface area contributed by atoms with E-state index in [0.29, 0.717) is 24.5 Å². The second-order valence-electron chi connectivity index (χ2n) is 9.03. The van der Waals surface area contributed by atoms with E-state index in [4.69, 9.17) is 4.74 Å². The van der Waals surface area contributed by atoms with Crippen LogP contribution < -0.4 is 0 Å². The molecule has 1 amide bonds. The molecule has 4 aliphatic carbocycles. The molecular formula is C20H31NO3. The van der Waals surface area contributed by atoms with Gasteiger partial charge in [-0.2, -0.15) is 0 Å². The van der Waals surface area contributed by atoms with Gasteiger partial charge in [-0.1, -0.05) is 0 Å². The summed E-state index contributed by atoms with van der Waals surface area (Å²) in [4.78, 5) is 27.0. The maximum Gasteiger partial charge on any atom is 0.310 e. The first kappa shape index (κ1) is 16.4. The zero-order chi connectivity index (χ0) is 16.7. The third kappa shape index (κ3) is 3.09. The zero-order valence-electron chi connectivity index (χ0n) is 15.0. The van der Waals surface area contributed by atoms with Crippen molar-refractivity contribution in [2.45, 2.75) is 64.7 Å². The Morgan fingerprint density at radius 1 is 1.08 bits per heavy atom. The lowest BCUT2D eigenvalue weighted by Crippen LogP contribution is -2.50. The van der Waals surface area contributed by atoms with Crippen molar-refractivity contribution in [1.82, 2.24) is 4.90 Å². The van der Waals surface area contributed by atoms with Gasteiger partial charge in [-0.3, -0.25) is 9.59 Å². The van der Waals surface area contributed by atoms with Crippen molar-refractivity contribution >= 4 is 11.9 Å². The maximum atomic E-state index is 13.0. The molecule has 0 radical (unpaired) electrons. The molecule has 1 atom stereocenters. The van der Waals surface area contributed by atoms with Gasteiger partial charge < -0.3 is 9.64 Å². The molecule has 5 rings (SSSR count). The van der Waals surface area contributed by atoms with Crippen LogP contribution in [0, 0.1) is 29.1 Å². The molecule has 1 saturated heterocycles. The summed E-state index contributed by atoms with van der Waals surface area (Å²) in [6.45, 7) is 3.67. The number of hydrogen-bond donors (Lipinski definition) is 0. The zero-order valence-corrected chi connectivity index (χ0v) is 15.0. The predicted molar refractivity (Wildman–Crippen MR) is 91.2 cm³/mol. The Hall–Kier alpha value is -1.06. The van der Waals surface area contributed by atoms with Crippen LogP contribution in [0.3, 0.4) is 0 Å². The summed E-state index contributed by atoms with van der Waals surface area (Å²) in [6, 6.07) is 0. The SMILES string of the molecule is CCOC(=O)[C@@H]1CCCN(C(=O)CC23CC4CC(CC(C4)C2)C3)C1. The molecule has 4 heteroatoms. The molecule has 5 fully saturated rings. The van der Waals surface area contributed by atoms with E-state index in [1.165, 1.54) is 38.5 Å². The standard InChI is InChI=1S/C20H31NO3/c1-2-24-19(23)17-4-3-5-21(13-17)18(22)12-20-9-14-6-15(10-20)8-16(7-14)11-20/h14-17H,2-13H2,1H3/t14?,15?,16?,17-,20?/m1/s1. The quantitative estimate of drug-likeness (QED) is 0.741. The number of ether oxygens (including phenoxy) is 1. The van der Waals surface area contributed by atoms with Gasteiger partial charge in [-0.05, 0) is 81.5 Å². The lowest BCUT2D eigenvalue weighted by molar-refractivity contribution is -0.152. The summed E-state index contributed by atoms with van der Waals surface area (Å²) < 4.78 is 5.17. The number of piperidine rings is 1. The fraction of sp³-hybridized carbons (Fsp3) is 0.900. The largest absolute Gasteiger partial charge is 0.466 e. The van der Waals surface area contributed by atoms with Crippen LogP contribution >= 0.6 is 0 Å². The van der Waals surface area contributed by atoms with Gasteiger partial charge in [-0.25, -0.2) is 0 Å². The molecule has 1 aliphatic heterocycles. The molecule has 1 heterocycles. The third-order valence-electron chi connectivity index (χ3n) is 7.09. The maximum absolute atomic E-state index is 13.0. The minimum atomic E-state index is -0.121. The average Bonchev–Trinajstić information content (AvgIpc) is 2.53. The number of nitrogens with zero attached hydrogens (tertiary/aromatic N) is 1. The Morgan fingerprint density at radius 2 is 1.71 bits per heavy atom. The molecule has 0 aromatic heterocycles. The lowest BCUT2D eigenvalue weighted by Gasteiger charge is -2.57. The highest BCUT2D eigenvalue weighted by Gasteiger charge is 2.51. The highest BCUT2D eigenvalue weighted by molar-refractivity contribution is 5.79. The summed E-state index contributed by atoms with van der Waals surface area (Å²) in [5.41, 5.74) is 0.294. The van der Waals surface area contributed by atoms with Gasteiger partial charge >= 0.3 is 5.97 Å². The van der Waals surface area contributed by atoms with E-state index >= 15 is 0 Å². The van der Waals surface area contributed by atoms with E-state index in [-0.39, 0.29) is 11.9 Å². The van der Waals surface area contributed by atoms with Crippen LogP contribution in [-0.2, 0) is 14.3 Å². The summed E-state index contributed by atoms with van der Waals surface area (Å²) in [5, 5.41) is 0. The van der Waals surface area contributed by atoms with Crippen LogP contribution in [0.2, 0.25) is 0 Å². The van der Waals surface area contributed by atoms with Crippen molar-refractivity contribution in [2.24, 2.45) is 29.1 Å². The Bertz CT molecular complexity index is 480. The number of rotatable bonds is 4. The van der Waals surface area contributed by atoms with Crippen LogP contribution in [0.1, 0.15) is 64.7 Å². The van der Waals surface area contributed by atoms with Crippen LogP contribution in [0.15, 0.2) is 0 Å². The predicted octanol–water partition coefficient (Wildman–Crippen LogP) is 3.39. The summed E-state index contributed by atoms with van der Waals surface area (Å²) in [5.74, 6) is 2.72. The van der Waals surface area contributed by atoms with Crippen molar-refractivity contribution in [1.29, 1.82) is 0 Å². The van der Waals surface area contributed by atoms with Crippen LogP contribution in [0.25, 0.3) is 0 Å². The summed E-state index contributed by atoms with van der Waals surface area (Å²) in [6.07, 6.45) is 10.6. The number of carbonyl (C=O) groups excluding carboxylic acids is 2. The van der Waals surface area contributed by atoms with Crippen LogP contribution in [0.4, 0.5) is 0 Å². The average molecular weight is 333 g/mol. The van der Waals surface area contributed by atoms with Gasteiger partial charge in [0.05, 0.1) is 12.5 Å². The molecule has 0 unspecified atom stereocenters. The number of carbonyl (C=O) groups is 2. The van der Waals surface area contributed by atoms with Crippen LogP contribution in [-0.4, -0.2) is 36.5 Å². The summed E-state index contributed by atoms with van der Waals surface area (Å²) in [7, 11) is 0. The lowest BCUT2D eigenvalue weighted by atomic mass is 9.49. The number of hydrogen-bond acceptors (Lipinski definition) is 3. The van der Waals surface area contributed by atoms with E-state index in [1.807, 2.05) is 11.8 Å². The Labute approximate surface area is 145 Å². The first-order valence-corrected chi connectivity index (χ1v) is 10.0. The Balaban J connectivity index is 1.38. The van der Waals surface area contributed by atoms with E-state index in [1.54, 1.807) is 0 Å². The van der Waals surface area contributed by atoms with Gasteiger partial charge in [0.2, 0.25) is 5.91 Å². The van der Waals surface area contributed by atoms with Crippen LogP contribution in [0.5, 0.6) is 0 Å². The minimum absolute atomic E-state index is 0.112. The van der Waals surface area contributed by atoms with Gasteiger partial charge in [-0.15, -0.1) is 0 Å². The molecule has 0 aromatic rings. The van der Waals surface area contributed by atoms with E-state index in [9.17, 15) is 9.59 Å². The van der Waals surface area contributed by atoms with Gasteiger partial charge in [0.15, 0.2) is 0 Å². The van der Waals surface area contributed by atoms with E-state index in [2.05, 4.69) is 0 Å². The van der Waals surface area contributed by atoms with Gasteiger partial charge in [0.25, 0.3) is 0 Å². The number of likely N-dealkylation sites (tertiary alicyclic amines) is 1. The summed E-state index contributed by atoms with van der Waals surface area (Å²) >= 11 is 0. The highest BCUT2D eigenvalue weighted by Crippen LogP contribution is 2.61. The van der Waals surface area contributed by atoms with Crippen molar-refractivity contribution in [3.05, 3.63) is 0 Å². The van der Waals surface area contributed by atoms with Crippen molar-refractivity contribution in [2.75, 3.05) is 19.7 Å². The van der Waals surface area contributed by atoms with E-state index in [0.717, 1.165) is 43.6 Å². The molecule has 0 spiro atoms. The van der Waals surface area contributed by atoms with Crippen molar-refractivity contribution in [3.63, 3.8) is 0 Å². The molecule has 0 aromatic carbocycles. The third-order valence-corrected chi connectivity index (χ3v) is 7.09. The second kappa shape index (κ2) is 6.34. The molecule has 5 aliphatic rings.